The zero-order valence-electron chi connectivity index (χ0n) is 16.3. The van der Waals surface area contributed by atoms with E-state index in [2.05, 4.69) is 15.6 Å². The molecule has 0 saturated heterocycles. The summed E-state index contributed by atoms with van der Waals surface area (Å²) in [5.74, 6) is 0.611. The number of pyridine rings is 1. The predicted octanol–water partition coefficient (Wildman–Crippen LogP) is 4.54. The van der Waals surface area contributed by atoms with E-state index in [1.54, 1.807) is 18.5 Å². The molecular formula is C22H24N4O2. The molecule has 0 aliphatic rings. The first kappa shape index (κ1) is 19.2. The highest BCUT2D eigenvalue weighted by molar-refractivity contribution is 6.04. The van der Waals surface area contributed by atoms with Gasteiger partial charge in [-0.2, -0.15) is 0 Å². The second-order valence-corrected chi connectivity index (χ2v) is 6.44. The van der Waals surface area contributed by atoms with Crippen LogP contribution in [0.15, 0.2) is 67.0 Å². The number of rotatable bonds is 7. The molecule has 0 aliphatic heterocycles. The smallest absolute Gasteiger partial charge is 0.257 e. The van der Waals surface area contributed by atoms with Gasteiger partial charge in [-0.25, -0.2) is 0 Å². The highest BCUT2D eigenvalue weighted by Crippen LogP contribution is 2.21. The Kier molecular flexibility index (Phi) is 6.11. The normalized spacial score (nSPS) is 10.2. The Morgan fingerprint density at radius 1 is 0.964 bits per heavy atom. The minimum atomic E-state index is -0.208. The van der Waals surface area contributed by atoms with Crippen LogP contribution in [0, 0.1) is 0 Å². The summed E-state index contributed by atoms with van der Waals surface area (Å²) in [6, 6.07) is 17.1. The van der Waals surface area contributed by atoms with Crippen molar-refractivity contribution in [2.24, 2.45) is 0 Å². The Hall–Kier alpha value is -3.54. The fraction of sp³-hybridized carbons (Fsp3) is 0.182. The molecule has 2 N–H and O–H groups in total. The minimum absolute atomic E-state index is 0.208. The van der Waals surface area contributed by atoms with E-state index in [1.807, 2.05) is 74.4 Å². The van der Waals surface area contributed by atoms with Crippen molar-refractivity contribution in [3.63, 3.8) is 0 Å². The summed E-state index contributed by atoms with van der Waals surface area (Å²) in [5.41, 5.74) is 3.91. The Morgan fingerprint density at radius 2 is 1.64 bits per heavy atom. The molecule has 3 rings (SSSR count). The van der Waals surface area contributed by atoms with Crippen molar-refractivity contribution in [1.29, 1.82) is 0 Å². The van der Waals surface area contributed by atoms with E-state index in [-0.39, 0.29) is 5.91 Å². The summed E-state index contributed by atoms with van der Waals surface area (Å²) in [6.45, 7) is 2.58. The number of nitrogens with one attached hydrogen (secondary N) is 2. The summed E-state index contributed by atoms with van der Waals surface area (Å²) in [7, 11) is 3.95. The van der Waals surface area contributed by atoms with Gasteiger partial charge in [0, 0.05) is 37.4 Å². The van der Waals surface area contributed by atoms with E-state index in [0.29, 0.717) is 12.2 Å². The molecule has 6 nitrogen and oxygen atoms in total. The van der Waals surface area contributed by atoms with E-state index >= 15 is 0 Å². The quantitative estimate of drug-likeness (QED) is 0.634. The molecule has 0 atom stereocenters. The van der Waals surface area contributed by atoms with Crippen LogP contribution in [0.4, 0.5) is 22.7 Å². The second kappa shape index (κ2) is 8.90. The van der Waals surface area contributed by atoms with Crippen LogP contribution in [0.5, 0.6) is 5.75 Å². The third-order valence-corrected chi connectivity index (χ3v) is 4.10. The first-order chi connectivity index (χ1) is 13.5. The van der Waals surface area contributed by atoms with Crippen molar-refractivity contribution in [1.82, 2.24) is 4.98 Å². The van der Waals surface area contributed by atoms with Gasteiger partial charge in [-0.05, 0) is 61.5 Å². The first-order valence-corrected chi connectivity index (χ1v) is 9.09. The number of amides is 1. The average molecular weight is 376 g/mol. The molecule has 0 fully saturated rings. The first-order valence-electron chi connectivity index (χ1n) is 9.09. The molecule has 0 saturated carbocycles. The van der Waals surface area contributed by atoms with Crippen molar-refractivity contribution in [3.8, 4) is 5.75 Å². The minimum Gasteiger partial charge on any atom is -0.494 e. The van der Waals surface area contributed by atoms with Gasteiger partial charge in [0.05, 0.1) is 24.1 Å². The largest absolute Gasteiger partial charge is 0.494 e. The maximum atomic E-state index is 12.5. The molecule has 0 spiro atoms. The van der Waals surface area contributed by atoms with Gasteiger partial charge in [0.1, 0.15) is 5.75 Å². The fourth-order valence-corrected chi connectivity index (χ4v) is 2.65. The number of carbonyl (C=O) groups is 1. The van der Waals surface area contributed by atoms with E-state index in [1.165, 1.54) is 0 Å². The molecule has 0 radical (unpaired) electrons. The lowest BCUT2D eigenvalue weighted by atomic mass is 10.2. The monoisotopic (exact) mass is 376 g/mol. The van der Waals surface area contributed by atoms with Gasteiger partial charge in [0.25, 0.3) is 5.91 Å². The Labute approximate surface area is 165 Å². The molecule has 3 aromatic rings. The van der Waals surface area contributed by atoms with Crippen molar-refractivity contribution in [2.45, 2.75) is 6.92 Å². The van der Waals surface area contributed by atoms with Crippen LogP contribution >= 0.6 is 0 Å². The van der Waals surface area contributed by atoms with Gasteiger partial charge in [-0.15, -0.1) is 0 Å². The maximum Gasteiger partial charge on any atom is 0.257 e. The standard InChI is InChI=1S/C22H24N4O2/c1-4-28-21-11-7-17(8-12-21)24-19-13-16(14-23-15-19)22(27)25-18-5-9-20(10-6-18)26(2)3/h5-15,24H,4H2,1-3H3,(H,25,27). The van der Waals surface area contributed by atoms with Gasteiger partial charge in [-0.1, -0.05) is 0 Å². The van der Waals surface area contributed by atoms with Crippen LogP contribution < -0.4 is 20.3 Å². The number of benzene rings is 2. The molecule has 1 aromatic heterocycles. The lowest BCUT2D eigenvalue weighted by Gasteiger charge is -2.13. The van der Waals surface area contributed by atoms with E-state index < -0.39 is 0 Å². The van der Waals surface area contributed by atoms with Crippen LogP contribution in [0.2, 0.25) is 0 Å². The molecule has 0 aliphatic carbocycles. The summed E-state index contributed by atoms with van der Waals surface area (Å²) < 4.78 is 5.44. The van der Waals surface area contributed by atoms with Gasteiger partial charge in [0.15, 0.2) is 0 Å². The highest BCUT2D eigenvalue weighted by atomic mass is 16.5. The molecule has 0 unspecified atom stereocenters. The summed E-state index contributed by atoms with van der Waals surface area (Å²) in [4.78, 5) is 18.7. The van der Waals surface area contributed by atoms with Crippen molar-refractivity contribution < 1.29 is 9.53 Å². The van der Waals surface area contributed by atoms with Crippen molar-refractivity contribution in [3.05, 3.63) is 72.6 Å². The van der Waals surface area contributed by atoms with E-state index in [9.17, 15) is 4.79 Å². The molecule has 1 amide bonds. The number of aromatic nitrogens is 1. The number of hydrogen-bond acceptors (Lipinski definition) is 5. The number of carbonyl (C=O) groups excluding carboxylic acids is 1. The lowest BCUT2D eigenvalue weighted by molar-refractivity contribution is 0.102. The van der Waals surface area contributed by atoms with Crippen LogP contribution in [-0.2, 0) is 0 Å². The molecule has 6 heteroatoms. The number of ether oxygens (including phenoxy) is 1. The third-order valence-electron chi connectivity index (χ3n) is 4.10. The molecule has 2 aromatic carbocycles. The average Bonchev–Trinajstić information content (AvgIpc) is 2.70. The molecular weight excluding hydrogens is 352 g/mol. The number of anilines is 4. The van der Waals surface area contributed by atoms with Gasteiger partial charge < -0.3 is 20.3 Å². The zero-order valence-corrected chi connectivity index (χ0v) is 16.3. The highest BCUT2D eigenvalue weighted by Gasteiger charge is 2.08. The summed E-state index contributed by atoms with van der Waals surface area (Å²) in [6.07, 6.45) is 3.23. The van der Waals surface area contributed by atoms with Crippen LogP contribution in [0.1, 0.15) is 17.3 Å². The third kappa shape index (κ3) is 5.01. The molecule has 28 heavy (non-hydrogen) atoms. The summed E-state index contributed by atoms with van der Waals surface area (Å²) >= 11 is 0. The zero-order chi connectivity index (χ0) is 19.9. The predicted molar refractivity (Wildman–Crippen MR) is 114 cm³/mol. The topological polar surface area (TPSA) is 66.5 Å². The number of hydrogen-bond donors (Lipinski definition) is 2. The van der Waals surface area contributed by atoms with Crippen LogP contribution in [-0.4, -0.2) is 31.6 Å². The number of nitrogens with zero attached hydrogens (tertiary/aromatic N) is 2. The fourth-order valence-electron chi connectivity index (χ4n) is 2.65. The van der Waals surface area contributed by atoms with Crippen molar-refractivity contribution >= 4 is 28.7 Å². The van der Waals surface area contributed by atoms with E-state index in [4.69, 9.17) is 4.74 Å². The Balaban J connectivity index is 1.67. The second-order valence-electron chi connectivity index (χ2n) is 6.44. The van der Waals surface area contributed by atoms with Gasteiger partial charge >= 0.3 is 0 Å². The lowest BCUT2D eigenvalue weighted by Crippen LogP contribution is -2.13. The maximum absolute atomic E-state index is 12.5. The SMILES string of the molecule is CCOc1ccc(Nc2cncc(C(=O)Nc3ccc(N(C)C)cc3)c2)cc1. The molecule has 1 heterocycles. The molecule has 144 valence electrons. The van der Waals surface area contributed by atoms with Crippen LogP contribution in [0.25, 0.3) is 0 Å². The van der Waals surface area contributed by atoms with E-state index in [0.717, 1.165) is 28.5 Å². The van der Waals surface area contributed by atoms with Gasteiger partial charge in [0.2, 0.25) is 0 Å². The Morgan fingerprint density at radius 3 is 2.29 bits per heavy atom. The molecule has 0 bridgehead atoms. The van der Waals surface area contributed by atoms with Crippen molar-refractivity contribution in [2.75, 3.05) is 36.2 Å². The summed E-state index contributed by atoms with van der Waals surface area (Å²) in [5, 5.41) is 6.14. The van der Waals surface area contributed by atoms with Crippen LogP contribution in [0.3, 0.4) is 0 Å². The Bertz CT molecular complexity index is 922. The van der Waals surface area contributed by atoms with Gasteiger partial charge in [-0.3, -0.25) is 9.78 Å².